The largest absolute Gasteiger partial charge is 0.462 e. The maximum Gasteiger partial charge on any atom is 0.341 e. The number of rotatable bonds is 5. The molecule has 0 saturated heterocycles. The molecule has 8 heteroatoms. The van der Waals surface area contributed by atoms with Crippen LogP contribution in [0.15, 0.2) is 47.2 Å². The average Bonchev–Trinajstić information content (AvgIpc) is 3.42. The first-order valence-corrected chi connectivity index (χ1v) is 10.6. The summed E-state index contributed by atoms with van der Waals surface area (Å²) in [6.07, 6.45) is 0. The van der Waals surface area contributed by atoms with Crippen LogP contribution in [-0.2, 0) is 11.8 Å². The van der Waals surface area contributed by atoms with E-state index in [-0.39, 0.29) is 12.4 Å². The number of benzene rings is 1. The van der Waals surface area contributed by atoms with Crippen molar-refractivity contribution in [1.82, 2.24) is 4.57 Å². The molecule has 0 unspecified atom stereocenters. The van der Waals surface area contributed by atoms with Crippen LogP contribution in [0.2, 0.25) is 0 Å². The van der Waals surface area contributed by atoms with E-state index in [0.29, 0.717) is 27.2 Å². The summed E-state index contributed by atoms with van der Waals surface area (Å²) >= 11 is 2.76. The van der Waals surface area contributed by atoms with E-state index in [9.17, 15) is 14.0 Å². The minimum atomic E-state index is -0.490. The minimum absolute atomic E-state index is 0.231. The van der Waals surface area contributed by atoms with Crippen LogP contribution in [0.3, 0.4) is 0 Å². The zero-order chi connectivity index (χ0) is 20.5. The van der Waals surface area contributed by atoms with Gasteiger partial charge in [0, 0.05) is 28.3 Å². The molecule has 3 heterocycles. The Labute approximate surface area is 174 Å². The predicted octanol–water partition coefficient (Wildman–Crippen LogP) is 5.54. The van der Waals surface area contributed by atoms with Gasteiger partial charge in [0.2, 0.25) is 0 Å². The van der Waals surface area contributed by atoms with E-state index >= 15 is 0 Å². The number of nitrogens with one attached hydrogen (secondary N) is 1. The summed E-state index contributed by atoms with van der Waals surface area (Å²) in [6, 6.07) is 10.0. The van der Waals surface area contributed by atoms with Crippen molar-refractivity contribution >= 4 is 50.5 Å². The molecule has 0 radical (unpaired) electrons. The highest BCUT2D eigenvalue weighted by Crippen LogP contribution is 2.38. The van der Waals surface area contributed by atoms with Gasteiger partial charge in [-0.15, -0.1) is 22.7 Å². The van der Waals surface area contributed by atoms with Crippen molar-refractivity contribution in [3.05, 3.63) is 64.2 Å². The second-order valence-electron chi connectivity index (χ2n) is 6.27. The number of carbonyl (C=O) groups excluding carboxylic acids is 2. The van der Waals surface area contributed by atoms with Crippen LogP contribution in [0, 0.1) is 5.82 Å². The first-order valence-electron chi connectivity index (χ1n) is 8.89. The van der Waals surface area contributed by atoms with Gasteiger partial charge >= 0.3 is 5.97 Å². The lowest BCUT2D eigenvalue weighted by atomic mass is 10.1. The number of fused-ring (bicyclic) bond motifs is 1. The summed E-state index contributed by atoms with van der Waals surface area (Å²) < 4.78 is 20.9. The number of carbonyl (C=O) groups is 2. The van der Waals surface area contributed by atoms with E-state index < -0.39 is 11.9 Å². The quantitative estimate of drug-likeness (QED) is 0.425. The standard InChI is InChI=1S/C21H17FN2O3S2/c1-3-27-21(26)18-13(17-8-5-9-28-17)11-29-20(18)23-19(25)16-10-12-14(22)6-4-7-15(12)24(16)2/h4-11H,3H2,1-2H3,(H,23,25). The highest BCUT2D eigenvalue weighted by molar-refractivity contribution is 7.17. The first kappa shape index (κ1) is 19.4. The lowest BCUT2D eigenvalue weighted by Crippen LogP contribution is -2.17. The molecular weight excluding hydrogens is 411 g/mol. The molecule has 1 aromatic carbocycles. The fraction of sp³-hybridized carbons (Fsp3) is 0.143. The van der Waals surface area contributed by atoms with Gasteiger partial charge in [0.1, 0.15) is 22.1 Å². The van der Waals surface area contributed by atoms with E-state index in [1.54, 1.807) is 30.7 Å². The van der Waals surface area contributed by atoms with Crippen molar-refractivity contribution in [2.75, 3.05) is 11.9 Å². The maximum absolute atomic E-state index is 14.1. The molecule has 4 aromatic rings. The lowest BCUT2D eigenvalue weighted by Gasteiger charge is -2.09. The first-order chi connectivity index (χ1) is 14.0. The summed E-state index contributed by atoms with van der Waals surface area (Å²) in [4.78, 5) is 26.5. The number of halogens is 1. The molecule has 0 spiro atoms. The molecule has 0 aliphatic carbocycles. The number of hydrogen-bond acceptors (Lipinski definition) is 5. The Hall–Kier alpha value is -2.97. The highest BCUT2D eigenvalue weighted by Gasteiger charge is 2.24. The minimum Gasteiger partial charge on any atom is -0.462 e. The van der Waals surface area contributed by atoms with E-state index in [2.05, 4.69) is 5.32 Å². The van der Waals surface area contributed by atoms with Gasteiger partial charge < -0.3 is 14.6 Å². The van der Waals surface area contributed by atoms with Crippen LogP contribution in [-0.4, -0.2) is 23.1 Å². The normalized spacial score (nSPS) is 11.0. The number of amides is 1. The Morgan fingerprint density at radius 3 is 2.72 bits per heavy atom. The lowest BCUT2D eigenvalue weighted by molar-refractivity contribution is 0.0529. The number of aromatic nitrogens is 1. The molecule has 29 heavy (non-hydrogen) atoms. The van der Waals surface area contributed by atoms with Gasteiger partial charge in [-0.25, -0.2) is 9.18 Å². The Morgan fingerprint density at radius 1 is 1.21 bits per heavy atom. The van der Waals surface area contributed by atoms with Crippen LogP contribution in [0.4, 0.5) is 9.39 Å². The van der Waals surface area contributed by atoms with E-state index in [1.807, 2.05) is 22.9 Å². The smallest absolute Gasteiger partial charge is 0.341 e. The zero-order valence-corrected chi connectivity index (χ0v) is 17.3. The number of esters is 1. The molecule has 5 nitrogen and oxygen atoms in total. The monoisotopic (exact) mass is 428 g/mol. The van der Waals surface area contributed by atoms with Gasteiger partial charge in [0.05, 0.1) is 12.1 Å². The summed E-state index contributed by atoms with van der Waals surface area (Å²) in [5, 5.41) is 7.34. The number of anilines is 1. The molecule has 4 rings (SSSR count). The van der Waals surface area contributed by atoms with Crippen molar-refractivity contribution in [2.24, 2.45) is 7.05 Å². The molecule has 1 amide bonds. The summed E-state index contributed by atoms with van der Waals surface area (Å²) in [5.74, 6) is -1.30. The molecule has 0 saturated carbocycles. The maximum atomic E-state index is 14.1. The Kier molecular flexibility index (Phi) is 5.21. The van der Waals surface area contributed by atoms with Gasteiger partial charge in [-0.3, -0.25) is 4.79 Å². The Morgan fingerprint density at radius 2 is 2.03 bits per heavy atom. The number of nitrogens with zero attached hydrogens (tertiary/aromatic N) is 1. The van der Waals surface area contributed by atoms with Crippen LogP contribution in [0.5, 0.6) is 0 Å². The van der Waals surface area contributed by atoms with Crippen molar-refractivity contribution in [3.63, 3.8) is 0 Å². The summed E-state index contributed by atoms with van der Waals surface area (Å²) in [6.45, 7) is 1.96. The third-order valence-electron chi connectivity index (χ3n) is 4.55. The topological polar surface area (TPSA) is 60.3 Å². The fourth-order valence-electron chi connectivity index (χ4n) is 3.18. The van der Waals surface area contributed by atoms with E-state index in [0.717, 1.165) is 10.4 Å². The third kappa shape index (κ3) is 3.45. The van der Waals surface area contributed by atoms with E-state index in [4.69, 9.17) is 4.74 Å². The highest BCUT2D eigenvalue weighted by atomic mass is 32.1. The molecule has 0 aliphatic rings. The molecule has 0 atom stereocenters. The summed E-state index contributed by atoms with van der Waals surface area (Å²) in [5.41, 5.74) is 1.97. The number of ether oxygens (including phenoxy) is 1. The van der Waals surface area contributed by atoms with E-state index in [1.165, 1.54) is 34.8 Å². The van der Waals surface area contributed by atoms with Crippen LogP contribution in [0.25, 0.3) is 21.3 Å². The van der Waals surface area contributed by atoms with Crippen molar-refractivity contribution < 1.29 is 18.7 Å². The molecule has 0 fully saturated rings. The van der Waals surface area contributed by atoms with Gasteiger partial charge in [-0.1, -0.05) is 12.1 Å². The van der Waals surface area contributed by atoms with Crippen LogP contribution < -0.4 is 5.32 Å². The van der Waals surface area contributed by atoms with Gasteiger partial charge in [-0.2, -0.15) is 0 Å². The van der Waals surface area contributed by atoms with Gasteiger partial charge in [0.25, 0.3) is 5.91 Å². The molecule has 1 N–H and O–H groups in total. The van der Waals surface area contributed by atoms with Gasteiger partial charge in [-0.05, 0) is 36.6 Å². The van der Waals surface area contributed by atoms with Crippen LogP contribution >= 0.6 is 22.7 Å². The predicted molar refractivity (Wildman–Crippen MR) is 114 cm³/mol. The molecule has 3 aromatic heterocycles. The van der Waals surface area contributed by atoms with Crippen molar-refractivity contribution in [2.45, 2.75) is 6.92 Å². The fourth-order valence-corrected chi connectivity index (χ4v) is 4.95. The van der Waals surface area contributed by atoms with Gasteiger partial charge in [0.15, 0.2) is 0 Å². The number of aryl methyl sites for hydroxylation is 1. The summed E-state index contributed by atoms with van der Waals surface area (Å²) in [7, 11) is 1.70. The third-order valence-corrected chi connectivity index (χ3v) is 6.35. The number of hydrogen-bond donors (Lipinski definition) is 1. The Balaban J connectivity index is 1.73. The SMILES string of the molecule is CCOC(=O)c1c(-c2cccs2)csc1NC(=O)c1cc2c(F)cccc2n1C. The molecule has 0 bridgehead atoms. The Bertz CT molecular complexity index is 1210. The second-order valence-corrected chi connectivity index (χ2v) is 8.09. The van der Waals surface area contributed by atoms with Crippen LogP contribution in [0.1, 0.15) is 27.8 Å². The number of thiophene rings is 2. The van der Waals surface area contributed by atoms with Crippen molar-refractivity contribution in [1.29, 1.82) is 0 Å². The second kappa shape index (κ2) is 7.81. The molecular formula is C21H17FN2O3S2. The molecule has 0 aliphatic heterocycles. The average molecular weight is 429 g/mol. The van der Waals surface area contributed by atoms with Crippen molar-refractivity contribution in [3.8, 4) is 10.4 Å². The molecule has 148 valence electrons. The zero-order valence-electron chi connectivity index (χ0n) is 15.7.